The number of aromatic nitrogens is 2. The van der Waals surface area contributed by atoms with Gasteiger partial charge in [0.15, 0.2) is 0 Å². The third-order valence-corrected chi connectivity index (χ3v) is 7.09. The molecular formula is C23H29N5O3S. The predicted octanol–water partition coefficient (Wildman–Crippen LogP) is 3.48. The lowest BCUT2D eigenvalue weighted by Gasteiger charge is -2.31. The largest absolute Gasteiger partial charge is 0.353 e. The highest BCUT2D eigenvalue weighted by atomic mass is 32.1. The lowest BCUT2D eigenvalue weighted by Crippen LogP contribution is -2.41. The number of para-hydroxylation sites is 1. The van der Waals surface area contributed by atoms with Gasteiger partial charge in [-0.15, -0.1) is 10.2 Å². The highest BCUT2D eigenvalue weighted by Crippen LogP contribution is 2.24. The maximum Gasteiger partial charge on any atom is 0.286 e. The third kappa shape index (κ3) is 5.91. The molecule has 1 saturated carbocycles. The summed E-state index contributed by atoms with van der Waals surface area (Å²) in [5, 5.41) is 14.1. The number of hydrogen-bond donors (Lipinski definition) is 2. The molecule has 1 aromatic carbocycles. The van der Waals surface area contributed by atoms with Crippen LogP contribution < -0.4 is 10.6 Å². The van der Waals surface area contributed by atoms with E-state index in [1.807, 2.05) is 18.2 Å². The van der Waals surface area contributed by atoms with E-state index in [1.54, 1.807) is 17.0 Å². The fraction of sp³-hybridized carbons (Fsp3) is 0.522. The first-order chi connectivity index (χ1) is 15.6. The Bertz CT molecular complexity index is 934. The zero-order valence-electron chi connectivity index (χ0n) is 18.1. The topological polar surface area (TPSA) is 104 Å². The zero-order valence-corrected chi connectivity index (χ0v) is 18.9. The molecule has 2 N–H and O–H groups in total. The van der Waals surface area contributed by atoms with Gasteiger partial charge in [-0.3, -0.25) is 14.4 Å². The summed E-state index contributed by atoms with van der Waals surface area (Å²) in [4.78, 5) is 39.3. The van der Waals surface area contributed by atoms with Gasteiger partial charge < -0.3 is 15.5 Å². The minimum Gasteiger partial charge on any atom is -0.353 e. The van der Waals surface area contributed by atoms with Gasteiger partial charge in [-0.2, -0.15) is 0 Å². The summed E-state index contributed by atoms with van der Waals surface area (Å²) in [5.74, 6) is -0.147. The van der Waals surface area contributed by atoms with Crippen LogP contribution in [0.4, 0.5) is 5.69 Å². The van der Waals surface area contributed by atoms with Crippen molar-refractivity contribution in [1.82, 2.24) is 20.4 Å². The Morgan fingerprint density at radius 2 is 1.62 bits per heavy atom. The molecule has 0 radical (unpaired) electrons. The quantitative estimate of drug-likeness (QED) is 0.694. The van der Waals surface area contributed by atoms with Crippen LogP contribution >= 0.6 is 11.3 Å². The van der Waals surface area contributed by atoms with Crippen LogP contribution in [0.15, 0.2) is 30.3 Å². The molecule has 0 unspecified atom stereocenters. The van der Waals surface area contributed by atoms with Gasteiger partial charge in [-0.05, 0) is 43.7 Å². The molecule has 1 aliphatic heterocycles. The second kappa shape index (κ2) is 10.7. The summed E-state index contributed by atoms with van der Waals surface area (Å²) < 4.78 is 0. The maximum atomic E-state index is 12.8. The molecule has 3 amide bonds. The minimum absolute atomic E-state index is 0.139. The fourth-order valence-corrected chi connectivity index (χ4v) is 5.09. The van der Waals surface area contributed by atoms with Gasteiger partial charge in [0.2, 0.25) is 15.9 Å². The van der Waals surface area contributed by atoms with Crippen molar-refractivity contribution in [2.24, 2.45) is 5.92 Å². The van der Waals surface area contributed by atoms with E-state index in [9.17, 15) is 14.4 Å². The van der Waals surface area contributed by atoms with Crippen LogP contribution in [0, 0.1) is 5.92 Å². The van der Waals surface area contributed by atoms with Gasteiger partial charge in [0.05, 0.1) is 0 Å². The number of hydrogen-bond acceptors (Lipinski definition) is 6. The number of benzene rings is 1. The summed E-state index contributed by atoms with van der Waals surface area (Å²) in [7, 11) is 0. The minimum atomic E-state index is -0.379. The molecular weight excluding hydrogens is 426 g/mol. The average Bonchev–Trinajstić information content (AvgIpc) is 3.31. The highest BCUT2D eigenvalue weighted by Gasteiger charge is 2.28. The van der Waals surface area contributed by atoms with Crippen molar-refractivity contribution in [3.05, 3.63) is 40.3 Å². The van der Waals surface area contributed by atoms with Crippen LogP contribution in [0.3, 0.4) is 0 Å². The third-order valence-electron chi connectivity index (χ3n) is 6.18. The SMILES string of the molecule is O=C(CC1CCN(C(=O)c2nnc(C(=O)Nc3ccccc3)s2)CC1)NC1CCCCC1. The van der Waals surface area contributed by atoms with Crippen LogP contribution in [0.25, 0.3) is 0 Å². The summed E-state index contributed by atoms with van der Waals surface area (Å²) in [6.45, 7) is 1.18. The van der Waals surface area contributed by atoms with Crippen molar-refractivity contribution in [3.63, 3.8) is 0 Å². The summed E-state index contributed by atoms with van der Waals surface area (Å²) in [6, 6.07) is 9.42. The van der Waals surface area contributed by atoms with E-state index in [0.717, 1.165) is 37.0 Å². The van der Waals surface area contributed by atoms with Gasteiger partial charge in [-0.25, -0.2) is 0 Å². The zero-order chi connectivity index (χ0) is 22.3. The molecule has 0 atom stereocenters. The monoisotopic (exact) mass is 455 g/mol. The van der Waals surface area contributed by atoms with E-state index in [1.165, 1.54) is 19.3 Å². The molecule has 170 valence electrons. The number of nitrogens with zero attached hydrogens (tertiary/aromatic N) is 3. The van der Waals surface area contributed by atoms with Crippen molar-refractivity contribution < 1.29 is 14.4 Å². The number of carbonyl (C=O) groups excluding carboxylic acids is 3. The Kier molecular flexibility index (Phi) is 7.47. The predicted molar refractivity (Wildman–Crippen MR) is 123 cm³/mol. The van der Waals surface area contributed by atoms with Gasteiger partial charge in [0, 0.05) is 31.2 Å². The number of anilines is 1. The molecule has 2 aliphatic rings. The Hall–Kier alpha value is -2.81. The molecule has 2 aromatic rings. The van der Waals surface area contributed by atoms with Crippen molar-refractivity contribution >= 4 is 34.7 Å². The van der Waals surface area contributed by atoms with Crippen LogP contribution in [-0.4, -0.2) is 52.0 Å². The van der Waals surface area contributed by atoms with E-state index in [-0.39, 0.29) is 27.7 Å². The molecule has 4 rings (SSSR count). The van der Waals surface area contributed by atoms with Crippen molar-refractivity contribution in [2.45, 2.75) is 57.4 Å². The van der Waals surface area contributed by atoms with Crippen LogP contribution in [0.2, 0.25) is 0 Å². The Morgan fingerprint density at radius 1 is 0.938 bits per heavy atom. The van der Waals surface area contributed by atoms with Crippen LogP contribution in [-0.2, 0) is 4.79 Å². The smallest absolute Gasteiger partial charge is 0.286 e. The van der Waals surface area contributed by atoms with E-state index < -0.39 is 0 Å². The molecule has 8 nitrogen and oxygen atoms in total. The maximum absolute atomic E-state index is 12.8. The molecule has 0 spiro atoms. The summed E-state index contributed by atoms with van der Waals surface area (Å²) in [5.41, 5.74) is 0.662. The molecule has 2 heterocycles. The second-order valence-electron chi connectivity index (χ2n) is 8.57. The average molecular weight is 456 g/mol. The standard InChI is InChI=1S/C23H29N5O3S/c29-19(24-17-7-3-1-4-8-17)15-16-11-13-28(14-12-16)23(31)22-27-26-21(32-22)20(30)25-18-9-5-2-6-10-18/h2,5-6,9-10,16-17H,1,3-4,7-8,11-15H2,(H,24,29)(H,25,30). The molecule has 32 heavy (non-hydrogen) atoms. The van der Waals surface area contributed by atoms with Gasteiger partial charge in [0.1, 0.15) is 0 Å². The van der Waals surface area contributed by atoms with E-state index in [4.69, 9.17) is 0 Å². The first-order valence-corrected chi connectivity index (χ1v) is 12.2. The highest BCUT2D eigenvalue weighted by molar-refractivity contribution is 7.15. The summed E-state index contributed by atoms with van der Waals surface area (Å²) in [6.07, 6.45) is 7.97. The lowest BCUT2D eigenvalue weighted by molar-refractivity contribution is -0.123. The number of likely N-dealkylation sites (tertiary alicyclic amines) is 1. The van der Waals surface area contributed by atoms with E-state index in [2.05, 4.69) is 20.8 Å². The van der Waals surface area contributed by atoms with Crippen LogP contribution in [0.5, 0.6) is 0 Å². The Labute approximate surface area is 191 Å². The number of rotatable bonds is 6. The molecule has 1 aliphatic carbocycles. The lowest BCUT2D eigenvalue weighted by atomic mass is 9.92. The molecule has 0 bridgehead atoms. The summed E-state index contributed by atoms with van der Waals surface area (Å²) >= 11 is 1.00. The van der Waals surface area contributed by atoms with Gasteiger partial charge in [-0.1, -0.05) is 48.8 Å². The number of amides is 3. The number of carbonyl (C=O) groups is 3. The van der Waals surface area contributed by atoms with E-state index in [0.29, 0.717) is 37.2 Å². The molecule has 1 aromatic heterocycles. The van der Waals surface area contributed by atoms with Gasteiger partial charge >= 0.3 is 0 Å². The first kappa shape index (κ1) is 22.4. The van der Waals surface area contributed by atoms with Crippen LogP contribution in [0.1, 0.15) is 71.0 Å². The number of piperidine rings is 1. The second-order valence-corrected chi connectivity index (χ2v) is 9.55. The Balaban J connectivity index is 1.24. The van der Waals surface area contributed by atoms with Crippen molar-refractivity contribution in [2.75, 3.05) is 18.4 Å². The molecule has 1 saturated heterocycles. The normalized spacial score (nSPS) is 17.7. The van der Waals surface area contributed by atoms with Crippen molar-refractivity contribution in [1.29, 1.82) is 0 Å². The first-order valence-electron chi connectivity index (χ1n) is 11.4. The Morgan fingerprint density at radius 3 is 2.34 bits per heavy atom. The molecule has 2 fully saturated rings. The van der Waals surface area contributed by atoms with Gasteiger partial charge in [0.25, 0.3) is 11.8 Å². The fourth-order valence-electron chi connectivity index (χ4n) is 4.38. The van der Waals surface area contributed by atoms with E-state index >= 15 is 0 Å². The molecule has 9 heteroatoms. The number of nitrogens with one attached hydrogen (secondary N) is 2. The van der Waals surface area contributed by atoms with Crippen molar-refractivity contribution in [3.8, 4) is 0 Å².